The van der Waals surface area contributed by atoms with Gasteiger partial charge in [0.05, 0.1) is 32.8 Å². The molecule has 5 heteroatoms. The number of nitrogens with one attached hydrogen (secondary N) is 1. The van der Waals surface area contributed by atoms with Crippen LogP contribution in [0.2, 0.25) is 0 Å². The number of aliphatic hydroxyl groups excluding tert-OH is 1. The first-order chi connectivity index (χ1) is 11.7. The molecule has 0 aromatic heterocycles. The first-order valence-electron chi connectivity index (χ1n) is 7.51. The lowest BCUT2D eigenvalue weighted by Crippen LogP contribution is -2.19. The van der Waals surface area contributed by atoms with Crippen molar-refractivity contribution < 1.29 is 14.1 Å². The van der Waals surface area contributed by atoms with Gasteiger partial charge >= 0.3 is 0 Å². The van der Waals surface area contributed by atoms with Gasteiger partial charge in [-0.25, -0.2) is 4.21 Å². The monoisotopic (exact) mass is 339 g/mol. The fourth-order valence-electron chi connectivity index (χ4n) is 2.74. The van der Waals surface area contributed by atoms with Crippen molar-refractivity contribution >= 4 is 27.5 Å². The summed E-state index contributed by atoms with van der Waals surface area (Å²) in [7, 11) is 0.00653. The van der Waals surface area contributed by atoms with Crippen molar-refractivity contribution in [2.24, 2.45) is 0 Å². The third-order valence-electron chi connectivity index (χ3n) is 3.88. The zero-order valence-electron chi connectivity index (χ0n) is 13.2. The first-order valence-corrected chi connectivity index (χ1v) is 8.66. The maximum atomic E-state index is 13.2. The Bertz CT molecular complexity index is 932. The lowest BCUT2D eigenvalue weighted by Gasteiger charge is -2.12. The molecular weight excluding hydrogens is 322 g/mol. The molecule has 0 heterocycles. The van der Waals surface area contributed by atoms with Crippen molar-refractivity contribution in [3.05, 3.63) is 71.8 Å². The fourth-order valence-corrected chi connectivity index (χ4v) is 4.17. The van der Waals surface area contributed by atoms with E-state index in [0.717, 1.165) is 10.8 Å². The zero-order valence-corrected chi connectivity index (χ0v) is 14.0. The minimum absolute atomic E-state index is 0.136. The van der Waals surface area contributed by atoms with Gasteiger partial charge in [-0.15, -0.1) is 0 Å². The van der Waals surface area contributed by atoms with Crippen molar-refractivity contribution in [3.63, 3.8) is 0 Å². The molecule has 1 atom stereocenters. The second-order valence-corrected chi connectivity index (χ2v) is 6.69. The molecule has 122 valence electrons. The molecule has 0 aliphatic rings. The minimum atomic E-state index is -1.54. The van der Waals surface area contributed by atoms with Gasteiger partial charge in [-0.3, -0.25) is 4.79 Å². The number of hydrogen-bond acceptors (Lipinski definition) is 3. The van der Waals surface area contributed by atoms with E-state index in [-0.39, 0.29) is 12.5 Å². The summed E-state index contributed by atoms with van der Waals surface area (Å²) in [5.41, 5.74) is 1.10. The molecule has 3 aromatic rings. The van der Waals surface area contributed by atoms with Gasteiger partial charge in [-0.2, -0.15) is 0 Å². The highest BCUT2D eigenvalue weighted by molar-refractivity contribution is 7.85. The van der Waals surface area contributed by atoms with Crippen LogP contribution in [0.15, 0.2) is 70.5 Å². The van der Waals surface area contributed by atoms with Crippen LogP contribution in [-0.4, -0.2) is 22.3 Å². The van der Waals surface area contributed by atoms with Gasteiger partial charge in [0.25, 0.3) is 5.91 Å². The number of amides is 1. The van der Waals surface area contributed by atoms with E-state index in [1.54, 1.807) is 37.4 Å². The maximum Gasteiger partial charge on any atom is 0.252 e. The van der Waals surface area contributed by atoms with Crippen LogP contribution < -0.4 is 5.32 Å². The molecule has 2 N–H and O–H groups in total. The molecule has 0 unspecified atom stereocenters. The van der Waals surface area contributed by atoms with Crippen molar-refractivity contribution in [3.8, 4) is 0 Å². The molecule has 3 rings (SSSR count). The highest BCUT2D eigenvalue weighted by atomic mass is 32.2. The normalized spacial score (nSPS) is 12.1. The van der Waals surface area contributed by atoms with Crippen LogP contribution in [0, 0.1) is 0 Å². The van der Waals surface area contributed by atoms with Crippen molar-refractivity contribution in [2.45, 2.75) is 16.4 Å². The Balaban J connectivity index is 2.23. The van der Waals surface area contributed by atoms with Gasteiger partial charge < -0.3 is 10.4 Å². The summed E-state index contributed by atoms with van der Waals surface area (Å²) < 4.78 is 13.2. The number of rotatable bonds is 4. The van der Waals surface area contributed by atoms with E-state index in [0.29, 0.717) is 20.9 Å². The zero-order chi connectivity index (χ0) is 17.1. The average Bonchev–Trinajstić information content (AvgIpc) is 2.65. The highest BCUT2D eigenvalue weighted by Gasteiger charge is 2.18. The quantitative estimate of drug-likeness (QED) is 0.768. The van der Waals surface area contributed by atoms with E-state index in [9.17, 15) is 14.1 Å². The second kappa shape index (κ2) is 6.95. The SMILES string of the molecule is CNC(=O)c1ccccc1[S@](=O)c1cccc2cccc(CO)c12. The fraction of sp³-hybridized carbons (Fsp3) is 0.105. The molecule has 1 amide bonds. The molecule has 3 aromatic carbocycles. The Morgan fingerprint density at radius 1 is 1.00 bits per heavy atom. The largest absolute Gasteiger partial charge is 0.392 e. The van der Waals surface area contributed by atoms with Crippen LogP contribution in [0.5, 0.6) is 0 Å². The topological polar surface area (TPSA) is 66.4 Å². The summed E-state index contributed by atoms with van der Waals surface area (Å²) in [5.74, 6) is -0.276. The summed E-state index contributed by atoms with van der Waals surface area (Å²) in [6.45, 7) is -0.136. The van der Waals surface area contributed by atoms with Gasteiger partial charge in [0.15, 0.2) is 0 Å². The first kappa shape index (κ1) is 16.4. The number of aliphatic hydroxyl groups is 1. The van der Waals surface area contributed by atoms with Crippen molar-refractivity contribution in [2.75, 3.05) is 7.05 Å². The molecule has 0 saturated carbocycles. The van der Waals surface area contributed by atoms with E-state index in [1.165, 1.54) is 0 Å². The lowest BCUT2D eigenvalue weighted by atomic mass is 10.1. The number of carbonyl (C=O) groups excluding carboxylic acids is 1. The summed E-state index contributed by atoms with van der Waals surface area (Å²) in [4.78, 5) is 13.1. The summed E-state index contributed by atoms with van der Waals surface area (Å²) in [6, 6.07) is 18.0. The molecular formula is C19H17NO3S. The Kier molecular flexibility index (Phi) is 4.74. The third-order valence-corrected chi connectivity index (χ3v) is 5.38. The van der Waals surface area contributed by atoms with Gasteiger partial charge in [-0.1, -0.05) is 42.5 Å². The number of carbonyl (C=O) groups is 1. The number of fused-ring (bicyclic) bond motifs is 1. The molecule has 0 saturated heterocycles. The second-order valence-electron chi connectivity index (χ2n) is 5.27. The Hall–Kier alpha value is -2.50. The van der Waals surface area contributed by atoms with Crippen LogP contribution >= 0.6 is 0 Å². The predicted octanol–water partition coefficient (Wildman–Crippen LogP) is 2.86. The molecule has 0 spiro atoms. The van der Waals surface area contributed by atoms with Crippen molar-refractivity contribution in [1.29, 1.82) is 0 Å². The summed E-state index contributed by atoms with van der Waals surface area (Å²) >= 11 is 0. The van der Waals surface area contributed by atoms with E-state index in [2.05, 4.69) is 5.32 Å². The van der Waals surface area contributed by atoms with E-state index in [1.807, 2.05) is 30.3 Å². The van der Waals surface area contributed by atoms with Crippen LogP contribution in [0.4, 0.5) is 0 Å². The summed E-state index contributed by atoms with van der Waals surface area (Å²) in [5, 5.41) is 13.9. The number of benzene rings is 3. The van der Waals surface area contributed by atoms with Crippen molar-refractivity contribution in [1.82, 2.24) is 5.32 Å². The van der Waals surface area contributed by atoms with E-state index in [4.69, 9.17) is 0 Å². The molecule has 0 radical (unpaired) electrons. The van der Waals surface area contributed by atoms with Gasteiger partial charge in [-0.05, 0) is 29.1 Å². The van der Waals surface area contributed by atoms with Gasteiger partial charge in [0.2, 0.25) is 0 Å². The molecule has 0 bridgehead atoms. The predicted molar refractivity (Wildman–Crippen MR) is 94.4 cm³/mol. The lowest BCUT2D eigenvalue weighted by molar-refractivity contribution is 0.0960. The van der Waals surface area contributed by atoms with Crippen LogP contribution in [0.25, 0.3) is 10.8 Å². The Morgan fingerprint density at radius 2 is 1.67 bits per heavy atom. The molecule has 24 heavy (non-hydrogen) atoms. The van der Waals surface area contributed by atoms with Crippen LogP contribution in [-0.2, 0) is 17.4 Å². The summed E-state index contributed by atoms with van der Waals surface area (Å²) in [6.07, 6.45) is 0. The van der Waals surface area contributed by atoms with Gasteiger partial charge in [0.1, 0.15) is 0 Å². The molecule has 0 aliphatic carbocycles. The van der Waals surface area contributed by atoms with Gasteiger partial charge in [0, 0.05) is 12.4 Å². The maximum absolute atomic E-state index is 13.2. The van der Waals surface area contributed by atoms with Crippen LogP contribution in [0.1, 0.15) is 15.9 Å². The standard InChI is InChI=1S/C19H17NO3S/c1-20-19(22)15-9-2-3-10-16(15)24(23)17-11-5-7-13-6-4-8-14(12-21)18(13)17/h2-11,21H,12H2,1H3,(H,20,22)/t24-/m0/s1. The van der Waals surface area contributed by atoms with E-state index >= 15 is 0 Å². The Morgan fingerprint density at radius 3 is 2.38 bits per heavy atom. The Labute approximate surface area is 142 Å². The van der Waals surface area contributed by atoms with E-state index < -0.39 is 10.8 Å². The molecule has 0 fully saturated rings. The third kappa shape index (κ3) is 2.84. The number of hydrogen-bond donors (Lipinski definition) is 2. The van der Waals surface area contributed by atoms with Crippen LogP contribution in [0.3, 0.4) is 0 Å². The highest BCUT2D eigenvalue weighted by Crippen LogP contribution is 2.29. The smallest absolute Gasteiger partial charge is 0.252 e. The molecule has 4 nitrogen and oxygen atoms in total. The minimum Gasteiger partial charge on any atom is -0.392 e. The average molecular weight is 339 g/mol. The molecule has 0 aliphatic heterocycles.